The highest BCUT2D eigenvalue weighted by Gasteiger charge is 2.49. The minimum Gasteiger partial charge on any atom is -0.508 e. The van der Waals surface area contributed by atoms with Gasteiger partial charge in [-0.25, -0.2) is 0 Å². The van der Waals surface area contributed by atoms with Crippen molar-refractivity contribution in [2.24, 2.45) is 10.8 Å². The van der Waals surface area contributed by atoms with Crippen molar-refractivity contribution in [1.82, 2.24) is 0 Å². The van der Waals surface area contributed by atoms with Crippen molar-refractivity contribution in [3.63, 3.8) is 0 Å². The molecule has 0 heterocycles. The summed E-state index contributed by atoms with van der Waals surface area (Å²) in [6.45, 7) is 3.44. The number of phenols is 2. The van der Waals surface area contributed by atoms with E-state index in [-0.39, 0.29) is 11.5 Å². The molecule has 1 aliphatic carbocycles. The molecular formula is C23H34O6. The first kappa shape index (κ1) is 23.0. The number of hydrogen-bond donors (Lipinski definition) is 4. The standard InChI is InChI=1S/C23H34O6/c1-22(2,20(26)27)10-7-5-8-16-14-17(24)15-19(25)18(16)9-4-3-6-11-23(12-13-23)21(28)29/h14-15,24-25H,3-13H2,1-2H3,(H,26,27)(H,28,29). The lowest BCUT2D eigenvalue weighted by Crippen LogP contribution is -2.23. The van der Waals surface area contributed by atoms with Gasteiger partial charge in [-0.2, -0.15) is 0 Å². The van der Waals surface area contributed by atoms with Crippen LogP contribution in [0.1, 0.15) is 82.8 Å². The smallest absolute Gasteiger partial charge is 0.309 e. The van der Waals surface area contributed by atoms with Crippen molar-refractivity contribution < 1.29 is 30.0 Å². The van der Waals surface area contributed by atoms with E-state index < -0.39 is 22.8 Å². The van der Waals surface area contributed by atoms with Gasteiger partial charge in [0, 0.05) is 6.07 Å². The number of benzene rings is 1. The summed E-state index contributed by atoms with van der Waals surface area (Å²) in [5.74, 6) is -1.36. The van der Waals surface area contributed by atoms with Crippen molar-refractivity contribution in [3.05, 3.63) is 23.3 Å². The molecular weight excluding hydrogens is 372 g/mol. The van der Waals surface area contributed by atoms with Crippen molar-refractivity contribution in [3.8, 4) is 11.5 Å². The Kier molecular flexibility index (Phi) is 7.55. The Labute approximate surface area is 172 Å². The summed E-state index contributed by atoms with van der Waals surface area (Å²) in [5.41, 5.74) is 0.508. The number of rotatable bonds is 13. The number of carbonyl (C=O) groups is 2. The third-order valence-electron chi connectivity index (χ3n) is 6.27. The lowest BCUT2D eigenvalue weighted by Gasteiger charge is -2.19. The molecule has 1 aromatic rings. The van der Waals surface area contributed by atoms with Crippen molar-refractivity contribution in [2.45, 2.75) is 84.5 Å². The Balaban J connectivity index is 1.84. The molecule has 6 heteroatoms. The summed E-state index contributed by atoms with van der Waals surface area (Å²) in [6.07, 6.45) is 8.38. The molecule has 0 aromatic heterocycles. The van der Waals surface area contributed by atoms with Crippen LogP contribution >= 0.6 is 0 Å². The van der Waals surface area contributed by atoms with E-state index >= 15 is 0 Å². The largest absolute Gasteiger partial charge is 0.508 e. The zero-order chi connectivity index (χ0) is 21.7. The average molecular weight is 407 g/mol. The number of carboxylic acid groups (broad SMARTS) is 2. The van der Waals surface area contributed by atoms with Crippen LogP contribution in [-0.4, -0.2) is 32.4 Å². The summed E-state index contributed by atoms with van der Waals surface area (Å²) in [4.78, 5) is 22.4. The molecule has 0 bridgehead atoms. The first-order valence-corrected chi connectivity index (χ1v) is 10.6. The van der Waals surface area contributed by atoms with E-state index in [1.807, 2.05) is 0 Å². The van der Waals surface area contributed by atoms with Crippen LogP contribution in [0.25, 0.3) is 0 Å². The minimum atomic E-state index is -0.802. The first-order chi connectivity index (χ1) is 13.6. The summed E-state index contributed by atoms with van der Waals surface area (Å²) >= 11 is 0. The molecule has 162 valence electrons. The van der Waals surface area contributed by atoms with Crippen LogP contribution in [0, 0.1) is 10.8 Å². The third kappa shape index (κ3) is 6.38. The molecule has 0 saturated heterocycles. The van der Waals surface area contributed by atoms with Crippen LogP contribution in [0.3, 0.4) is 0 Å². The van der Waals surface area contributed by atoms with E-state index in [9.17, 15) is 30.0 Å². The number of aromatic hydroxyl groups is 2. The van der Waals surface area contributed by atoms with E-state index in [1.165, 1.54) is 6.07 Å². The summed E-state index contributed by atoms with van der Waals surface area (Å²) in [6, 6.07) is 3.04. The van der Waals surface area contributed by atoms with Gasteiger partial charge in [0.2, 0.25) is 0 Å². The highest BCUT2D eigenvalue weighted by atomic mass is 16.4. The van der Waals surface area contributed by atoms with Gasteiger partial charge in [-0.15, -0.1) is 0 Å². The Morgan fingerprint density at radius 1 is 0.966 bits per heavy atom. The van der Waals surface area contributed by atoms with Crippen molar-refractivity contribution in [1.29, 1.82) is 0 Å². The van der Waals surface area contributed by atoms with Crippen LogP contribution in [0.2, 0.25) is 0 Å². The summed E-state index contributed by atoms with van der Waals surface area (Å²) < 4.78 is 0. The van der Waals surface area contributed by atoms with Gasteiger partial charge in [0.1, 0.15) is 11.5 Å². The molecule has 0 aliphatic heterocycles. The molecule has 0 atom stereocenters. The van der Waals surface area contributed by atoms with E-state index in [2.05, 4.69) is 0 Å². The van der Waals surface area contributed by atoms with E-state index in [0.29, 0.717) is 19.3 Å². The van der Waals surface area contributed by atoms with Crippen LogP contribution < -0.4 is 0 Å². The van der Waals surface area contributed by atoms with Gasteiger partial charge in [-0.3, -0.25) is 9.59 Å². The Bertz CT molecular complexity index is 733. The number of aryl methyl sites for hydroxylation is 1. The monoisotopic (exact) mass is 406 g/mol. The topological polar surface area (TPSA) is 115 Å². The SMILES string of the molecule is CC(C)(CCCCc1cc(O)cc(O)c1CCCCCC1(C(=O)O)CC1)C(=O)O. The molecule has 0 radical (unpaired) electrons. The van der Waals surface area contributed by atoms with Gasteiger partial charge in [-0.05, 0) is 82.4 Å². The predicted molar refractivity (Wildman–Crippen MR) is 110 cm³/mol. The second-order valence-electron chi connectivity index (χ2n) is 9.14. The molecule has 1 aliphatic rings. The maximum absolute atomic E-state index is 11.2. The zero-order valence-electron chi connectivity index (χ0n) is 17.5. The minimum absolute atomic E-state index is 0.0317. The maximum Gasteiger partial charge on any atom is 0.309 e. The second kappa shape index (κ2) is 9.51. The van der Waals surface area contributed by atoms with E-state index in [0.717, 1.165) is 62.5 Å². The number of hydrogen-bond acceptors (Lipinski definition) is 4. The van der Waals surface area contributed by atoms with Crippen LogP contribution in [0.4, 0.5) is 0 Å². The molecule has 0 amide bonds. The number of carboxylic acids is 2. The fourth-order valence-corrected chi connectivity index (χ4v) is 3.86. The Hall–Kier alpha value is -2.24. The molecule has 2 rings (SSSR count). The molecule has 0 spiro atoms. The number of aliphatic carboxylic acids is 2. The van der Waals surface area contributed by atoms with Crippen molar-refractivity contribution in [2.75, 3.05) is 0 Å². The van der Waals surface area contributed by atoms with Crippen LogP contribution in [0.15, 0.2) is 12.1 Å². The van der Waals surface area contributed by atoms with Gasteiger partial charge in [0.15, 0.2) is 0 Å². The van der Waals surface area contributed by atoms with Crippen molar-refractivity contribution >= 4 is 11.9 Å². The quantitative estimate of drug-likeness (QED) is 0.347. The van der Waals surface area contributed by atoms with E-state index in [4.69, 9.17) is 0 Å². The molecule has 1 aromatic carbocycles. The molecule has 6 nitrogen and oxygen atoms in total. The van der Waals surface area contributed by atoms with Gasteiger partial charge >= 0.3 is 11.9 Å². The fraction of sp³-hybridized carbons (Fsp3) is 0.652. The van der Waals surface area contributed by atoms with Gasteiger partial charge in [0.25, 0.3) is 0 Å². The maximum atomic E-state index is 11.2. The number of unbranched alkanes of at least 4 members (excludes halogenated alkanes) is 3. The van der Waals surface area contributed by atoms with Gasteiger partial charge in [-0.1, -0.05) is 19.3 Å². The van der Waals surface area contributed by atoms with Crippen LogP contribution in [-0.2, 0) is 22.4 Å². The lowest BCUT2D eigenvalue weighted by molar-refractivity contribution is -0.147. The zero-order valence-corrected chi connectivity index (χ0v) is 17.5. The summed E-state index contributed by atoms with van der Waals surface area (Å²) in [5, 5.41) is 38.6. The Morgan fingerprint density at radius 2 is 1.62 bits per heavy atom. The fourth-order valence-electron chi connectivity index (χ4n) is 3.86. The summed E-state index contributed by atoms with van der Waals surface area (Å²) in [7, 11) is 0. The lowest BCUT2D eigenvalue weighted by atomic mass is 9.86. The normalized spacial score (nSPS) is 15.2. The second-order valence-corrected chi connectivity index (χ2v) is 9.14. The van der Waals surface area contributed by atoms with Gasteiger partial charge < -0.3 is 20.4 Å². The number of phenolic OH excluding ortho intramolecular Hbond substituents is 2. The Morgan fingerprint density at radius 3 is 2.21 bits per heavy atom. The van der Waals surface area contributed by atoms with Gasteiger partial charge in [0.05, 0.1) is 10.8 Å². The highest BCUT2D eigenvalue weighted by molar-refractivity contribution is 5.77. The predicted octanol–water partition coefficient (Wildman–Crippen LogP) is 4.89. The third-order valence-corrected chi connectivity index (χ3v) is 6.27. The first-order valence-electron chi connectivity index (χ1n) is 10.6. The van der Waals surface area contributed by atoms with Crippen LogP contribution in [0.5, 0.6) is 11.5 Å². The molecule has 0 unspecified atom stereocenters. The molecule has 1 saturated carbocycles. The molecule has 29 heavy (non-hydrogen) atoms. The molecule has 4 N–H and O–H groups in total. The van der Waals surface area contributed by atoms with E-state index in [1.54, 1.807) is 19.9 Å². The molecule has 1 fully saturated rings. The highest BCUT2D eigenvalue weighted by Crippen LogP contribution is 2.50. The average Bonchev–Trinajstić information content (AvgIpc) is 3.41.